The van der Waals surface area contributed by atoms with Crippen molar-refractivity contribution in [2.75, 3.05) is 13.1 Å². The van der Waals surface area contributed by atoms with Crippen LogP contribution in [0, 0.1) is 0 Å². The second-order valence-corrected chi connectivity index (χ2v) is 2.91. The summed E-state index contributed by atoms with van der Waals surface area (Å²) >= 11 is 0. The third kappa shape index (κ3) is 3.22. The first-order valence-corrected chi connectivity index (χ1v) is 4.71. The van der Waals surface area contributed by atoms with Crippen LogP contribution >= 0.6 is 0 Å². The first-order valence-electron chi connectivity index (χ1n) is 4.71. The molecule has 1 atom stereocenters. The van der Waals surface area contributed by atoms with Crippen LogP contribution < -0.4 is 5.73 Å². The van der Waals surface area contributed by atoms with Gasteiger partial charge in [-0.1, -0.05) is 13.3 Å². The molecule has 0 aliphatic rings. The van der Waals surface area contributed by atoms with E-state index < -0.39 is 0 Å². The summed E-state index contributed by atoms with van der Waals surface area (Å²) in [6, 6.07) is -0.296. The molecule has 1 amide bonds. The SMILES string of the molecule is CCC[C@@H](N)C(=O)N(CC)CC. The average molecular weight is 172 g/mol. The second kappa shape index (κ2) is 6.00. The molecule has 3 heteroatoms. The van der Waals surface area contributed by atoms with E-state index >= 15 is 0 Å². The molecule has 3 nitrogen and oxygen atoms in total. The van der Waals surface area contributed by atoms with Gasteiger partial charge in [0.1, 0.15) is 0 Å². The molecule has 0 aromatic heterocycles. The number of likely N-dealkylation sites (N-methyl/N-ethyl adjacent to an activating group) is 1. The Morgan fingerprint density at radius 2 is 1.83 bits per heavy atom. The fraction of sp³-hybridized carbons (Fsp3) is 0.889. The second-order valence-electron chi connectivity index (χ2n) is 2.91. The number of carbonyl (C=O) groups excluding carboxylic acids is 1. The highest BCUT2D eigenvalue weighted by Gasteiger charge is 2.16. The minimum absolute atomic E-state index is 0.0850. The smallest absolute Gasteiger partial charge is 0.239 e. The molecule has 0 fully saturated rings. The van der Waals surface area contributed by atoms with Gasteiger partial charge in [0.15, 0.2) is 0 Å². The minimum Gasteiger partial charge on any atom is -0.342 e. The Morgan fingerprint density at radius 3 is 2.17 bits per heavy atom. The summed E-state index contributed by atoms with van der Waals surface area (Å²) in [6.07, 6.45) is 1.75. The molecule has 0 aliphatic heterocycles. The van der Waals surface area contributed by atoms with E-state index in [1.165, 1.54) is 0 Å². The van der Waals surface area contributed by atoms with Crippen LogP contribution in [0.15, 0.2) is 0 Å². The average Bonchev–Trinajstić information content (AvgIpc) is 2.07. The molecule has 2 N–H and O–H groups in total. The molecular weight excluding hydrogens is 152 g/mol. The van der Waals surface area contributed by atoms with E-state index in [0.29, 0.717) is 0 Å². The van der Waals surface area contributed by atoms with E-state index in [1.807, 2.05) is 20.8 Å². The van der Waals surface area contributed by atoms with Crippen LogP contribution in [0.3, 0.4) is 0 Å². The predicted octanol–water partition coefficient (Wildman–Crippen LogP) is 0.982. The maximum absolute atomic E-state index is 11.5. The Hall–Kier alpha value is -0.570. The molecule has 0 saturated heterocycles. The summed E-state index contributed by atoms with van der Waals surface area (Å²) in [7, 11) is 0. The highest BCUT2D eigenvalue weighted by Crippen LogP contribution is 1.99. The van der Waals surface area contributed by atoms with E-state index in [0.717, 1.165) is 25.9 Å². The number of nitrogens with zero attached hydrogens (tertiary/aromatic N) is 1. The van der Waals surface area contributed by atoms with Crippen molar-refractivity contribution < 1.29 is 4.79 Å². The maximum Gasteiger partial charge on any atom is 0.239 e. The van der Waals surface area contributed by atoms with E-state index in [1.54, 1.807) is 4.90 Å². The molecule has 0 aromatic carbocycles. The summed E-state index contributed by atoms with van der Waals surface area (Å²) in [4.78, 5) is 13.3. The van der Waals surface area contributed by atoms with Crippen molar-refractivity contribution in [2.45, 2.75) is 39.7 Å². The maximum atomic E-state index is 11.5. The lowest BCUT2D eigenvalue weighted by Crippen LogP contribution is -2.43. The van der Waals surface area contributed by atoms with Crippen LogP contribution in [-0.2, 0) is 4.79 Å². The molecule has 0 bridgehead atoms. The molecule has 72 valence electrons. The van der Waals surface area contributed by atoms with Crippen LogP contribution in [0.2, 0.25) is 0 Å². The summed E-state index contributed by atoms with van der Waals surface area (Å²) in [5.74, 6) is 0.0850. The first-order chi connectivity index (χ1) is 5.67. The lowest BCUT2D eigenvalue weighted by atomic mass is 10.1. The Labute approximate surface area is 74.9 Å². The van der Waals surface area contributed by atoms with Crippen molar-refractivity contribution in [2.24, 2.45) is 5.73 Å². The first kappa shape index (κ1) is 11.4. The van der Waals surface area contributed by atoms with Gasteiger partial charge in [-0.25, -0.2) is 0 Å². The number of nitrogens with two attached hydrogens (primary N) is 1. The number of hydrogen-bond acceptors (Lipinski definition) is 2. The van der Waals surface area contributed by atoms with Crippen molar-refractivity contribution in [3.63, 3.8) is 0 Å². The summed E-state index contributed by atoms with van der Waals surface area (Å²) in [6.45, 7) is 7.50. The molecule has 0 saturated carbocycles. The zero-order chi connectivity index (χ0) is 9.56. The zero-order valence-electron chi connectivity index (χ0n) is 8.34. The Bertz CT molecular complexity index is 132. The largest absolute Gasteiger partial charge is 0.342 e. The van der Waals surface area contributed by atoms with Crippen LogP contribution in [0.4, 0.5) is 0 Å². The molecule has 0 unspecified atom stereocenters. The van der Waals surface area contributed by atoms with Crippen LogP contribution in [0.25, 0.3) is 0 Å². The van der Waals surface area contributed by atoms with Crippen LogP contribution in [0.1, 0.15) is 33.6 Å². The lowest BCUT2D eigenvalue weighted by molar-refractivity contribution is -0.132. The number of rotatable bonds is 5. The summed E-state index contributed by atoms with van der Waals surface area (Å²) in [5.41, 5.74) is 5.69. The standard InChI is InChI=1S/C9H20N2O/c1-4-7-8(10)9(12)11(5-2)6-3/h8H,4-7,10H2,1-3H3/t8-/m1/s1. The molecule has 0 aliphatic carbocycles. The topological polar surface area (TPSA) is 46.3 Å². The summed E-state index contributed by atoms with van der Waals surface area (Å²) < 4.78 is 0. The Balaban J connectivity index is 3.97. The molecule has 0 heterocycles. The fourth-order valence-corrected chi connectivity index (χ4v) is 1.20. The van der Waals surface area contributed by atoms with Gasteiger partial charge in [0.2, 0.25) is 5.91 Å². The van der Waals surface area contributed by atoms with E-state index in [2.05, 4.69) is 0 Å². The number of amides is 1. The van der Waals surface area contributed by atoms with Gasteiger partial charge in [-0.2, -0.15) is 0 Å². The van der Waals surface area contributed by atoms with Gasteiger partial charge in [-0.3, -0.25) is 4.79 Å². The minimum atomic E-state index is -0.296. The molecule has 0 radical (unpaired) electrons. The quantitative estimate of drug-likeness (QED) is 0.672. The van der Waals surface area contributed by atoms with E-state index in [9.17, 15) is 4.79 Å². The van der Waals surface area contributed by atoms with Crippen molar-refractivity contribution >= 4 is 5.91 Å². The van der Waals surface area contributed by atoms with Crippen molar-refractivity contribution in [3.05, 3.63) is 0 Å². The highest BCUT2D eigenvalue weighted by molar-refractivity contribution is 5.81. The lowest BCUT2D eigenvalue weighted by Gasteiger charge is -2.22. The molecule has 0 spiro atoms. The van der Waals surface area contributed by atoms with Gasteiger partial charge >= 0.3 is 0 Å². The van der Waals surface area contributed by atoms with Crippen molar-refractivity contribution in [1.82, 2.24) is 4.90 Å². The third-order valence-corrected chi connectivity index (χ3v) is 1.99. The van der Waals surface area contributed by atoms with Gasteiger partial charge in [0.25, 0.3) is 0 Å². The number of hydrogen-bond donors (Lipinski definition) is 1. The van der Waals surface area contributed by atoms with Gasteiger partial charge in [-0.05, 0) is 20.3 Å². The normalized spacial score (nSPS) is 12.7. The van der Waals surface area contributed by atoms with Gasteiger partial charge < -0.3 is 10.6 Å². The predicted molar refractivity (Wildman–Crippen MR) is 50.8 cm³/mol. The summed E-state index contributed by atoms with van der Waals surface area (Å²) in [5, 5.41) is 0. The zero-order valence-corrected chi connectivity index (χ0v) is 8.34. The fourth-order valence-electron chi connectivity index (χ4n) is 1.20. The molecular formula is C9H20N2O. The Kier molecular flexibility index (Phi) is 5.72. The van der Waals surface area contributed by atoms with E-state index in [4.69, 9.17) is 5.73 Å². The third-order valence-electron chi connectivity index (χ3n) is 1.99. The molecule has 12 heavy (non-hydrogen) atoms. The highest BCUT2D eigenvalue weighted by atomic mass is 16.2. The van der Waals surface area contributed by atoms with Crippen molar-refractivity contribution in [3.8, 4) is 0 Å². The Morgan fingerprint density at radius 1 is 1.33 bits per heavy atom. The van der Waals surface area contributed by atoms with Gasteiger partial charge in [-0.15, -0.1) is 0 Å². The van der Waals surface area contributed by atoms with Gasteiger partial charge in [0.05, 0.1) is 6.04 Å². The monoisotopic (exact) mass is 172 g/mol. The van der Waals surface area contributed by atoms with Crippen molar-refractivity contribution in [1.29, 1.82) is 0 Å². The number of carbonyl (C=O) groups is 1. The van der Waals surface area contributed by atoms with Gasteiger partial charge in [0, 0.05) is 13.1 Å². The molecule has 0 rings (SSSR count). The van der Waals surface area contributed by atoms with Crippen LogP contribution in [0.5, 0.6) is 0 Å². The molecule has 0 aromatic rings. The van der Waals surface area contributed by atoms with Crippen LogP contribution in [-0.4, -0.2) is 29.9 Å². The van der Waals surface area contributed by atoms with E-state index in [-0.39, 0.29) is 11.9 Å².